The largest absolute Gasteiger partial charge is 1.00 e. The molecule has 2 rings (SSSR count). The van der Waals surface area contributed by atoms with E-state index in [9.17, 15) is 32.9 Å². The minimum Gasteiger partial charge on any atom is -0.550 e. The van der Waals surface area contributed by atoms with Gasteiger partial charge in [0.05, 0.1) is 29.9 Å². The molecule has 0 saturated carbocycles. The summed E-state index contributed by atoms with van der Waals surface area (Å²) in [5.74, 6) is -2.14. The first-order valence-electron chi connectivity index (χ1n) is 10.2. The Morgan fingerprint density at radius 2 is 1.79 bits per heavy atom. The molecule has 2 unspecified atom stereocenters. The van der Waals surface area contributed by atoms with Gasteiger partial charge in [-0.1, -0.05) is 26.0 Å². The maximum absolute atomic E-state index is 13.5. The van der Waals surface area contributed by atoms with Crippen LogP contribution in [0.4, 0.5) is 10.3 Å². The van der Waals surface area contributed by atoms with E-state index >= 15 is 0 Å². The number of carbonyl (C=O) groups excluding carboxylic acids is 1. The molecule has 0 fully saturated rings. The van der Waals surface area contributed by atoms with E-state index < -0.39 is 40.4 Å². The zero-order chi connectivity index (χ0) is 24.9. The Morgan fingerprint density at radius 3 is 2.29 bits per heavy atom. The molecule has 0 aliphatic heterocycles. The van der Waals surface area contributed by atoms with E-state index in [0.29, 0.717) is 22.5 Å². The number of carbonyl (C=O) groups is 1. The van der Waals surface area contributed by atoms with Crippen molar-refractivity contribution in [3.05, 3.63) is 47.4 Å². The molecule has 0 spiro atoms. The van der Waals surface area contributed by atoms with E-state index in [4.69, 9.17) is 0 Å². The van der Waals surface area contributed by atoms with Crippen molar-refractivity contribution in [2.75, 3.05) is 17.6 Å². The first-order valence-corrected chi connectivity index (χ1v) is 12.0. The van der Waals surface area contributed by atoms with Gasteiger partial charge >= 0.3 is 29.6 Å². The van der Waals surface area contributed by atoms with Crippen LogP contribution in [0.15, 0.2) is 30.3 Å². The number of anilines is 1. The quantitative estimate of drug-likeness (QED) is 0.357. The van der Waals surface area contributed by atoms with E-state index in [1.54, 1.807) is 0 Å². The average molecular weight is 504 g/mol. The van der Waals surface area contributed by atoms with E-state index in [-0.39, 0.29) is 47.8 Å². The number of benzene rings is 1. The van der Waals surface area contributed by atoms with Gasteiger partial charge in [-0.25, -0.2) is 27.1 Å². The second-order valence-electron chi connectivity index (χ2n) is 7.96. The van der Waals surface area contributed by atoms with Crippen molar-refractivity contribution in [2.24, 2.45) is 0 Å². The van der Waals surface area contributed by atoms with Gasteiger partial charge in [0.1, 0.15) is 5.82 Å². The molecule has 9 nitrogen and oxygen atoms in total. The van der Waals surface area contributed by atoms with Crippen LogP contribution < -0.4 is 39.0 Å². The van der Waals surface area contributed by atoms with E-state index in [1.165, 1.54) is 43.5 Å². The molecule has 12 heteroatoms. The fraction of sp³-hybridized carbons (Fsp3) is 0.409. The molecule has 2 aromatic rings. The fourth-order valence-corrected chi connectivity index (χ4v) is 3.41. The molecule has 1 aromatic carbocycles. The normalized spacial score (nSPS) is 13.5. The van der Waals surface area contributed by atoms with Crippen molar-refractivity contribution >= 4 is 28.0 Å². The van der Waals surface area contributed by atoms with Crippen LogP contribution in [-0.2, 0) is 14.8 Å². The minimum atomic E-state index is -3.66. The van der Waals surface area contributed by atoms with Crippen molar-refractivity contribution in [3.8, 4) is 11.3 Å². The zero-order valence-corrected chi connectivity index (χ0v) is 22.6. The number of rotatable bonds is 10. The summed E-state index contributed by atoms with van der Waals surface area (Å²) in [6, 6.07) is 5.46. The zero-order valence-electron chi connectivity index (χ0n) is 19.8. The molecule has 1 aromatic heterocycles. The Balaban J connectivity index is 0.00000578. The summed E-state index contributed by atoms with van der Waals surface area (Å²) in [6.07, 6.45) is 0.578. The molecule has 2 N–H and O–H groups in total. The van der Waals surface area contributed by atoms with E-state index in [2.05, 4.69) is 9.97 Å². The molecule has 1 heterocycles. The Labute approximate surface area is 220 Å². The van der Waals surface area contributed by atoms with Crippen LogP contribution in [0.25, 0.3) is 17.3 Å². The molecule has 0 amide bonds. The predicted molar refractivity (Wildman–Crippen MR) is 120 cm³/mol. The first kappa shape index (κ1) is 30.1. The van der Waals surface area contributed by atoms with Crippen LogP contribution in [0.5, 0.6) is 0 Å². The van der Waals surface area contributed by atoms with E-state index in [0.717, 1.165) is 10.6 Å². The number of aliphatic carboxylic acids is 1. The Bertz CT molecular complexity index is 1130. The van der Waals surface area contributed by atoms with Gasteiger partial charge in [-0.15, -0.1) is 0 Å². The second kappa shape index (κ2) is 12.7. The van der Waals surface area contributed by atoms with Gasteiger partial charge in [-0.2, -0.15) is 0 Å². The number of aromatic nitrogens is 2. The van der Waals surface area contributed by atoms with Crippen LogP contribution in [0.1, 0.15) is 43.9 Å². The van der Waals surface area contributed by atoms with Gasteiger partial charge < -0.3 is 20.1 Å². The third-order valence-corrected chi connectivity index (χ3v) is 5.97. The Kier molecular flexibility index (Phi) is 11.3. The molecule has 180 valence electrons. The van der Waals surface area contributed by atoms with Crippen molar-refractivity contribution in [3.63, 3.8) is 0 Å². The fourth-order valence-electron chi connectivity index (χ4n) is 3.04. The maximum atomic E-state index is 13.5. The van der Waals surface area contributed by atoms with Crippen LogP contribution in [0.2, 0.25) is 0 Å². The predicted octanol–water partition coefficient (Wildman–Crippen LogP) is -1.93. The molecule has 34 heavy (non-hydrogen) atoms. The van der Waals surface area contributed by atoms with Gasteiger partial charge in [0.25, 0.3) is 0 Å². The average Bonchev–Trinajstić information content (AvgIpc) is 2.70. The van der Waals surface area contributed by atoms with Gasteiger partial charge in [0.2, 0.25) is 16.0 Å². The van der Waals surface area contributed by atoms with Crippen molar-refractivity contribution in [1.29, 1.82) is 0 Å². The number of carboxylic acid groups (broad SMARTS) is 1. The molecular formula is C22H27FN3NaO6S. The summed E-state index contributed by atoms with van der Waals surface area (Å²) in [5.41, 5.74) is 1.76. The summed E-state index contributed by atoms with van der Waals surface area (Å²) >= 11 is 0. The summed E-state index contributed by atoms with van der Waals surface area (Å²) in [7, 11) is -2.34. The van der Waals surface area contributed by atoms with E-state index in [1.807, 2.05) is 13.8 Å². The number of halogens is 1. The smallest absolute Gasteiger partial charge is 0.550 e. The molecule has 0 aliphatic rings. The number of nitrogens with zero attached hydrogens (tertiary/aromatic N) is 3. The monoisotopic (exact) mass is 503 g/mol. The molecule has 0 bridgehead atoms. The molecule has 0 aliphatic carbocycles. The summed E-state index contributed by atoms with van der Waals surface area (Å²) in [4.78, 5) is 19.4. The van der Waals surface area contributed by atoms with Crippen LogP contribution >= 0.6 is 0 Å². The third-order valence-electron chi connectivity index (χ3n) is 4.81. The number of hydrogen-bond acceptors (Lipinski definition) is 8. The van der Waals surface area contributed by atoms with Crippen LogP contribution in [0.3, 0.4) is 0 Å². The minimum absolute atomic E-state index is 0. The number of sulfonamides is 1. The second-order valence-corrected chi connectivity index (χ2v) is 9.97. The third kappa shape index (κ3) is 8.40. The Morgan fingerprint density at radius 1 is 1.21 bits per heavy atom. The number of hydrogen-bond donors (Lipinski definition) is 2. The van der Waals surface area contributed by atoms with Crippen LogP contribution in [-0.4, -0.2) is 60.1 Å². The summed E-state index contributed by atoms with van der Waals surface area (Å²) in [6.45, 7) is 3.69. The summed E-state index contributed by atoms with van der Waals surface area (Å²) < 4.78 is 38.6. The topological polar surface area (TPSA) is 144 Å². The van der Waals surface area contributed by atoms with Crippen LogP contribution in [0, 0.1) is 5.82 Å². The molecule has 0 radical (unpaired) electrons. The van der Waals surface area contributed by atoms with Gasteiger partial charge in [0.15, 0.2) is 0 Å². The SMILES string of the molecule is CC(C)c1nc(N(C)S(C)(=O)=O)nc(-c2ccc(F)cc2)c1C=CC(O)CC(O)CC(=O)[O-].[Na+]. The van der Waals surface area contributed by atoms with Crippen molar-refractivity contribution in [2.45, 2.75) is 44.8 Å². The summed E-state index contributed by atoms with van der Waals surface area (Å²) in [5, 5.41) is 30.6. The van der Waals surface area contributed by atoms with Gasteiger partial charge in [-0.05, 0) is 30.2 Å². The number of aliphatic hydroxyl groups excluding tert-OH is 2. The maximum Gasteiger partial charge on any atom is 1.00 e. The standard InChI is InChI=1S/C22H28FN3O6S.Na/c1-13(2)20-18(10-9-16(27)11-17(28)12-19(29)30)21(14-5-7-15(23)8-6-14)25-22(24-20)26(3)33(4,31)32;/h5-10,13,16-17,27-28H,11-12H2,1-4H3,(H,29,30);/q;+1/p-1. The number of carboxylic acids is 1. The van der Waals surface area contributed by atoms with Crippen molar-refractivity contribution < 1.29 is 62.5 Å². The molecule has 2 atom stereocenters. The first-order chi connectivity index (χ1) is 15.3. The molecule has 0 saturated heterocycles. The van der Waals surface area contributed by atoms with Crippen molar-refractivity contribution in [1.82, 2.24) is 9.97 Å². The number of aliphatic hydroxyl groups is 2. The Hall–Kier alpha value is -1.89. The van der Waals surface area contributed by atoms with Gasteiger partial charge in [-0.3, -0.25) is 0 Å². The van der Waals surface area contributed by atoms with Gasteiger partial charge in [0, 0.05) is 37.0 Å². The molecular weight excluding hydrogens is 476 g/mol.